The number of hydrogen-bond acceptors (Lipinski definition) is 7. The van der Waals surface area contributed by atoms with Crippen molar-refractivity contribution in [1.29, 1.82) is 0 Å². The van der Waals surface area contributed by atoms with E-state index in [1.165, 1.54) is 23.1 Å². The molecule has 0 aliphatic carbocycles. The van der Waals surface area contributed by atoms with Crippen LogP contribution in [0.2, 0.25) is 0 Å². The fraction of sp³-hybridized carbons (Fsp3) is 0.261. The molecule has 9 heteroatoms. The van der Waals surface area contributed by atoms with Gasteiger partial charge < -0.3 is 9.64 Å². The van der Waals surface area contributed by atoms with Crippen LogP contribution in [-0.4, -0.2) is 46.7 Å². The van der Waals surface area contributed by atoms with E-state index in [9.17, 15) is 9.59 Å². The van der Waals surface area contributed by atoms with E-state index in [1.807, 2.05) is 58.1 Å². The van der Waals surface area contributed by atoms with Gasteiger partial charge in [0.1, 0.15) is 10.1 Å². The molecule has 4 aromatic rings. The molecule has 1 fully saturated rings. The lowest BCUT2D eigenvalue weighted by atomic mass is 10.1. The molecule has 1 aliphatic heterocycles. The number of thioether (sulfide) groups is 1. The molecule has 0 N–H and O–H groups in total. The lowest BCUT2D eigenvalue weighted by Gasteiger charge is -2.30. The van der Waals surface area contributed by atoms with Gasteiger partial charge in [0, 0.05) is 36.0 Å². The molecule has 1 saturated heterocycles. The van der Waals surface area contributed by atoms with Crippen LogP contribution in [0.25, 0.3) is 20.7 Å². The number of thiophene rings is 2. The smallest absolute Gasteiger partial charge is 0.263 e. The van der Waals surface area contributed by atoms with Crippen molar-refractivity contribution in [1.82, 2.24) is 14.5 Å². The van der Waals surface area contributed by atoms with E-state index in [-0.39, 0.29) is 11.5 Å². The van der Waals surface area contributed by atoms with Crippen LogP contribution in [0.4, 0.5) is 0 Å². The number of morpholine rings is 1. The van der Waals surface area contributed by atoms with Crippen molar-refractivity contribution in [3.8, 4) is 10.4 Å². The van der Waals surface area contributed by atoms with E-state index < -0.39 is 5.25 Å². The Morgan fingerprint density at radius 1 is 1.12 bits per heavy atom. The first-order chi connectivity index (χ1) is 15.6. The fourth-order valence-electron chi connectivity index (χ4n) is 3.72. The van der Waals surface area contributed by atoms with Crippen molar-refractivity contribution < 1.29 is 9.53 Å². The fourth-order valence-corrected chi connectivity index (χ4v) is 6.66. The standard InChI is InChI=1S/C23H21N3O3S3/c1-25-21(27)18-16(17-8-5-13-30-17)14-31-20(18)24-23(25)32-19(15-6-3-2-4-7-15)22(28)26-9-11-29-12-10-26/h2-8,13-14,19H,9-12H2,1H3. The Balaban J connectivity index is 1.55. The van der Waals surface area contributed by atoms with Crippen molar-refractivity contribution >= 4 is 50.6 Å². The molecule has 6 nitrogen and oxygen atoms in total. The summed E-state index contributed by atoms with van der Waals surface area (Å²) in [6.45, 7) is 2.23. The van der Waals surface area contributed by atoms with Crippen LogP contribution in [0.5, 0.6) is 0 Å². The normalized spacial score (nSPS) is 15.2. The second-order valence-corrected chi connectivity index (χ2v) is 10.3. The number of nitrogens with zero attached hydrogens (tertiary/aromatic N) is 3. The van der Waals surface area contributed by atoms with Gasteiger partial charge in [0.15, 0.2) is 5.16 Å². The Hall–Kier alpha value is -2.46. The van der Waals surface area contributed by atoms with Crippen LogP contribution < -0.4 is 5.56 Å². The summed E-state index contributed by atoms with van der Waals surface area (Å²) in [6.07, 6.45) is 0. The predicted octanol–water partition coefficient (Wildman–Crippen LogP) is 4.42. The second-order valence-electron chi connectivity index (χ2n) is 7.41. The monoisotopic (exact) mass is 483 g/mol. The van der Waals surface area contributed by atoms with E-state index in [0.29, 0.717) is 41.7 Å². The lowest BCUT2D eigenvalue weighted by Crippen LogP contribution is -2.42. The Kier molecular flexibility index (Phi) is 6.14. The number of benzene rings is 1. The first-order valence-electron chi connectivity index (χ1n) is 10.2. The SMILES string of the molecule is Cn1c(SC(C(=O)N2CCOCC2)c2ccccc2)nc2scc(-c3cccs3)c2c1=O. The van der Waals surface area contributed by atoms with E-state index in [0.717, 1.165) is 16.0 Å². The maximum Gasteiger partial charge on any atom is 0.263 e. The number of rotatable bonds is 5. The summed E-state index contributed by atoms with van der Waals surface area (Å²) < 4.78 is 6.98. The van der Waals surface area contributed by atoms with Gasteiger partial charge in [-0.2, -0.15) is 0 Å². The molecule has 1 aromatic carbocycles. The van der Waals surface area contributed by atoms with Crippen LogP contribution in [0.15, 0.2) is 63.2 Å². The minimum atomic E-state index is -0.485. The van der Waals surface area contributed by atoms with Crippen molar-refractivity contribution in [2.24, 2.45) is 7.05 Å². The Labute approximate surface area is 197 Å². The molecule has 0 bridgehead atoms. The zero-order chi connectivity index (χ0) is 22.1. The molecule has 1 atom stereocenters. The highest BCUT2D eigenvalue weighted by Crippen LogP contribution is 2.38. The van der Waals surface area contributed by atoms with Crippen LogP contribution in [0.3, 0.4) is 0 Å². The zero-order valence-corrected chi connectivity index (χ0v) is 19.8. The molecule has 1 aliphatic rings. The van der Waals surface area contributed by atoms with Gasteiger partial charge in [-0.3, -0.25) is 14.2 Å². The van der Waals surface area contributed by atoms with Crippen LogP contribution in [0, 0.1) is 0 Å². The third-order valence-electron chi connectivity index (χ3n) is 5.43. The predicted molar refractivity (Wildman–Crippen MR) is 131 cm³/mol. The number of carbonyl (C=O) groups excluding carboxylic acids is 1. The zero-order valence-electron chi connectivity index (χ0n) is 17.4. The average Bonchev–Trinajstić information content (AvgIpc) is 3.51. The number of carbonyl (C=O) groups is 1. The molecule has 5 rings (SSSR count). The van der Waals surface area contributed by atoms with Crippen molar-refractivity contribution in [2.45, 2.75) is 10.4 Å². The Bertz CT molecular complexity index is 1290. The average molecular weight is 484 g/mol. The van der Waals surface area contributed by atoms with Crippen LogP contribution in [0.1, 0.15) is 10.8 Å². The van der Waals surface area contributed by atoms with Gasteiger partial charge in [-0.25, -0.2) is 4.98 Å². The molecule has 164 valence electrons. The Morgan fingerprint density at radius 3 is 2.62 bits per heavy atom. The number of amides is 1. The summed E-state index contributed by atoms with van der Waals surface area (Å²) in [5.41, 5.74) is 1.73. The topological polar surface area (TPSA) is 64.4 Å². The van der Waals surface area contributed by atoms with E-state index in [2.05, 4.69) is 0 Å². The molecular weight excluding hydrogens is 462 g/mol. The van der Waals surface area contributed by atoms with Gasteiger partial charge in [0.25, 0.3) is 5.56 Å². The molecule has 1 amide bonds. The first kappa shape index (κ1) is 21.4. The molecule has 0 radical (unpaired) electrons. The number of fused-ring (bicyclic) bond motifs is 1. The highest BCUT2D eigenvalue weighted by molar-refractivity contribution is 8.00. The van der Waals surface area contributed by atoms with Gasteiger partial charge in [-0.15, -0.1) is 22.7 Å². The number of ether oxygens (including phenoxy) is 1. The molecule has 0 spiro atoms. The van der Waals surface area contributed by atoms with Gasteiger partial charge in [0.05, 0.1) is 18.6 Å². The minimum absolute atomic E-state index is 0.0179. The number of hydrogen-bond donors (Lipinski definition) is 0. The maximum atomic E-state index is 13.5. The van der Waals surface area contributed by atoms with Crippen molar-refractivity contribution in [2.75, 3.05) is 26.3 Å². The molecule has 32 heavy (non-hydrogen) atoms. The summed E-state index contributed by atoms with van der Waals surface area (Å²) in [4.78, 5) is 35.2. The van der Waals surface area contributed by atoms with E-state index >= 15 is 0 Å². The van der Waals surface area contributed by atoms with Crippen molar-refractivity contribution in [3.05, 3.63) is 69.1 Å². The summed E-state index contributed by atoms with van der Waals surface area (Å²) in [7, 11) is 1.73. The summed E-state index contributed by atoms with van der Waals surface area (Å²) in [5.74, 6) is 0.0179. The largest absolute Gasteiger partial charge is 0.378 e. The van der Waals surface area contributed by atoms with Crippen LogP contribution >= 0.6 is 34.4 Å². The molecule has 3 aromatic heterocycles. The summed E-state index contributed by atoms with van der Waals surface area (Å²) in [6, 6.07) is 13.7. The van der Waals surface area contributed by atoms with Gasteiger partial charge in [0.2, 0.25) is 5.91 Å². The second kappa shape index (κ2) is 9.19. The van der Waals surface area contributed by atoms with Gasteiger partial charge in [-0.05, 0) is 17.0 Å². The molecular formula is C23H21N3O3S3. The van der Waals surface area contributed by atoms with Gasteiger partial charge in [-0.1, -0.05) is 48.2 Å². The quantitative estimate of drug-likeness (QED) is 0.311. The first-order valence-corrected chi connectivity index (χ1v) is 12.9. The highest BCUT2D eigenvalue weighted by atomic mass is 32.2. The highest BCUT2D eigenvalue weighted by Gasteiger charge is 2.30. The third-order valence-corrected chi connectivity index (χ3v) is 8.49. The van der Waals surface area contributed by atoms with Gasteiger partial charge >= 0.3 is 0 Å². The maximum absolute atomic E-state index is 13.5. The van der Waals surface area contributed by atoms with E-state index in [1.54, 1.807) is 23.0 Å². The summed E-state index contributed by atoms with van der Waals surface area (Å²) >= 11 is 4.41. The molecule has 0 saturated carbocycles. The third kappa shape index (κ3) is 4.01. The number of aromatic nitrogens is 2. The Morgan fingerprint density at radius 2 is 1.91 bits per heavy atom. The summed E-state index contributed by atoms with van der Waals surface area (Å²) in [5, 5.41) is 4.69. The minimum Gasteiger partial charge on any atom is -0.378 e. The molecule has 1 unspecified atom stereocenters. The van der Waals surface area contributed by atoms with E-state index in [4.69, 9.17) is 9.72 Å². The lowest BCUT2D eigenvalue weighted by molar-refractivity contribution is -0.134. The van der Waals surface area contributed by atoms with Crippen molar-refractivity contribution in [3.63, 3.8) is 0 Å². The molecule has 4 heterocycles. The van der Waals surface area contributed by atoms with Crippen LogP contribution in [-0.2, 0) is 16.6 Å².